The average molecular weight is 510 g/mol. The lowest BCUT2D eigenvalue weighted by Crippen LogP contribution is -2.20. The van der Waals surface area contributed by atoms with Crippen LogP contribution in [-0.2, 0) is 14.6 Å². The molecule has 3 rings (SSSR count). The number of aromatic nitrogens is 2. The summed E-state index contributed by atoms with van der Waals surface area (Å²) in [5.41, 5.74) is -0.235. The summed E-state index contributed by atoms with van der Waals surface area (Å²) in [7, 11) is -2.48. The minimum atomic E-state index is -4.01. The van der Waals surface area contributed by atoms with Gasteiger partial charge in [-0.3, -0.25) is 9.59 Å². The molecule has 0 bridgehead atoms. The van der Waals surface area contributed by atoms with Crippen molar-refractivity contribution in [3.05, 3.63) is 69.6 Å². The monoisotopic (exact) mass is 509 g/mol. The average Bonchev–Trinajstić information content (AvgIpc) is 2.72. The van der Waals surface area contributed by atoms with Gasteiger partial charge in [0.15, 0.2) is 10.1 Å². The summed E-state index contributed by atoms with van der Waals surface area (Å²) in [5.74, 6) is 0.260. The van der Waals surface area contributed by atoms with Crippen molar-refractivity contribution in [1.82, 2.24) is 9.97 Å². The maximum atomic E-state index is 12.6. The summed E-state index contributed by atoms with van der Waals surface area (Å²) in [4.78, 5) is 30.3. The van der Waals surface area contributed by atoms with Crippen molar-refractivity contribution in [2.75, 3.05) is 18.2 Å². The van der Waals surface area contributed by atoms with Crippen molar-refractivity contribution >= 4 is 49.1 Å². The third kappa shape index (κ3) is 5.29. The minimum Gasteiger partial charge on any atom is -0.497 e. The maximum Gasteiger partial charge on any atom is 0.270 e. The molecule has 2 N–H and O–H groups in total. The molecule has 0 spiro atoms. The highest BCUT2D eigenvalue weighted by Crippen LogP contribution is 2.21. The van der Waals surface area contributed by atoms with Crippen molar-refractivity contribution in [3.63, 3.8) is 0 Å². The van der Waals surface area contributed by atoms with Gasteiger partial charge >= 0.3 is 0 Å². The summed E-state index contributed by atoms with van der Waals surface area (Å²) in [6, 6.07) is 12.8. The van der Waals surface area contributed by atoms with E-state index in [1.165, 1.54) is 19.2 Å². The first-order valence-corrected chi connectivity index (χ1v) is 11.7. The second-order valence-electron chi connectivity index (χ2n) is 5.91. The molecule has 1 amide bonds. The number of H-pyrrole nitrogens is 1. The number of anilines is 1. The molecule has 1 aromatic heterocycles. The predicted molar refractivity (Wildman–Crippen MR) is 117 cm³/mol. The zero-order valence-corrected chi connectivity index (χ0v) is 18.8. The van der Waals surface area contributed by atoms with Crippen molar-refractivity contribution in [2.24, 2.45) is 0 Å². The van der Waals surface area contributed by atoms with Gasteiger partial charge in [-0.25, -0.2) is 13.4 Å². The minimum absolute atomic E-state index is 0.0175. The van der Waals surface area contributed by atoms with Crippen LogP contribution in [0.5, 0.6) is 5.75 Å². The lowest BCUT2D eigenvalue weighted by molar-refractivity contribution is -0.113. The quantitative estimate of drug-likeness (QED) is 0.371. The molecule has 0 aliphatic heterocycles. The molecule has 0 aliphatic carbocycles. The van der Waals surface area contributed by atoms with Gasteiger partial charge in [0, 0.05) is 16.2 Å². The van der Waals surface area contributed by atoms with Crippen molar-refractivity contribution in [2.45, 2.75) is 14.9 Å². The summed E-state index contributed by atoms with van der Waals surface area (Å²) in [6.45, 7) is 0. The Bertz CT molecular complexity index is 1230. The van der Waals surface area contributed by atoms with Crippen LogP contribution in [-0.4, -0.2) is 37.2 Å². The van der Waals surface area contributed by atoms with Gasteiger partial charge in [0.1, 0.15) is 5.75 Å². The van der Waals surface area contributed by atoms with Crippen LogP contribution in [0.4, 0.5) is 5.69 Å². The van der Waals surface area contributed by atoms with E-state index in [9.17, 15) is 18.0 Å². The number of nitrogens with one attached hydrogen (secondary N) is 2. The zero-order chi connectivity index (χ0) is 21.7. The van der Waals surface area contributed by atoms with Gasteiger partial charge in [-0.1, -0.05) is 33.8 Å². The number of hydrogen-bond donors (Lipinski definition) is 2. The second kappa shape index (κ2) is 9.45. The third-order valence-corrected chi connectivity index (χ3v) is 7.03. The Balaban J connectivity index is 1.68. The number of rotatable bonds is 7. The highest BCUT2D eigenvalue weighted by atomic mass is 79.9. The topological polar surface area (TPSA) is 118 Å². The number of benzene rings is 2. The number of ether oxygens (including phenoxy) is 1. The highest BCUT2D eigenvalue weighted by Gasteiger charge is 2.22. The largest absolute Gasteiger partial charge is 0.497 e. The van der Waals surface area contributed by atoms with Crippen LogP contribution in [0.2, 0.25) is 0 Å². The smallest absolute Gasteiger partial charge is 0.270 e. The standard InChI is InChI=1S/C19H16BrN3O5S2/c1-28-14-4-2-3-13(9-14)22-17(24)11-29-19-21-10-16(18(25)23-19)30(26,27)15-7-5-12(20)6-8-15/h2-10H,11H2,1H3,(H,22,24)(H,21,23,25). The molecule has 156 valence electrons. The Hall–Kier alpha value is -2.63. The van der Waals surface area contributed by atoms with Crippen molar-refractivity contribution in [3.8, 4) is 5.75 Å². The number of sulfone groups is 1. The van der Waals surface area contributed by atoms with Crippen LogP contribution >= 0.6 is 27.7 Å². The molecule has 0 fully saturated rings. The molecule has 2 aromatic carbocycles. The summed E-state index contributed by atoms with van der Waals surface area (Å²) >= 11 is 4.21. The molecule has 3 aromatic rings. The first-order valence-electron chi connectivity index (χ1n) is 8.46. The number of methoxy groups -OCH3 is 1. The highest BCUT2D eigenvalue weighted by molar-refractivity contribution is 9.10. The van der Waals surface area contributed by atoms with E-state index in [1.807, 2.05) is 0 Å². The Morgan fingerprint density at radius 3 is 2.63 bits per heavy atom. The van der Waals surface area contributed by atoms with E-state index >= 15 is 0 Å². The van der Waals surface area contributed by atoms with Crippen LogP contribution in [0.15, 0.2) is 78.9 Å². The number of nitrogens with zero attached hydrogens (tertiary/aromatic N) is 1. The van der Waals surface area contributed by atoms with Crippen molar-refractivity contribution in [1.29, 1.82) is 0 Å². The molecule has 11 heteroatoms. The zero-order valence-electron chi connectivity index (χ0n) is 15.6. The van der Waals surface area contributed by atoms with Gasteiger partial charge in [-0.2, -0.15) is 0 Å². The number of amides is 1. The van der Waals surface area contributed by atoms with E-state index in [2.05, 4.69) is 31.2 Å². The van der Waals surface area contributed by atoms with Crippen LogP contribution in [0, 0.1) is 0 Å². The molecular formula is C19H16BrN3O5S2. The predicted octanol–water partition coefficient (Wildman–Crippen LogP) is 3.10. The van der Waals surface area contributed by atoms with E-state index < -0.39 is 20.3 Å². The van der Waals surface area contributed by atoms with E-state index in [-0.39, 0.29) is 21.7 Å². The molecular weight excluding hydrogens is 494 g/mol. The van der Waals surface area contributed by atoms with Gasteiger partial charge in [0.25, 0.3) is 5.56 Å². The molecule has 0 unspecified atom stereocenters. The SMILES string of the molecule is COc1cccc(NC(=O)CSc2ncc(S(=O)(=O)c3ccc(Br)cc3)c(=O)[nH]2)c1. The number of carbonyl (C=O) groups is 1. The fourth-order valence-corrected chi connectivity index (χ4v) is 4.54. The number of halogens is 1. The molecule has 0 aliphatic rings. The van der Waals surface area contributed by atoms with Crippen molar-refractivity contribution < 1.29 is 17.9 Å². The van der Waals surface area contributed by atoms with Crippen LogP contribution in [0.1, 0.15) is 0 Å². The third-order valence-electron chi connectivity index (χ3n) is 3.85. The van der Waals surface area contributed by atoms with Gasteiger partial charge in [0.05, 0.1) is 24.0 Å². The lowest BCUT2D eigenvalue weighted by Gasteiger charge is -2.07. The van der Waals surface area contributed by atoms with Gasteiger partial charge in [0.2, 0.25) is 15.7 Å². The number of thioether (sulfide) groups is 1. The first-order chi connectivity index (χ1) is 14.3. The van der Waals surface area contributed by atoms with Crippen LogP contribution in [0.3, 0.4) is 0 Å². The molecule has 30 heavy (non-hydrogen) atoms. The number of carbonyl (C=O) groups excluding carboxylic acids is 1. The van der Waals surface area contributed by atoms with Gasteiger partial charge in [-0.15, -0.1) is 0 Å². The maximum absolute atomic E-state index is 12.6. The van der Waals surface area contributed by atoms with Crippen LogP contribution < -0.4 is 15.6 Å². The Morgan fingerprint density at radius 2 is 1.97 bits per heavy atom. The Kier molecular flexibility index (Phi) is 6.95. The van der Waals surface area contributed by atoms with E-state index in [1.54, 1.807) is 36.4 Å². The first kappa shape index (κ1) is 22.1. The fourth-order valence-electron chi connectivity index (χ4n) is 2.40. The Labute approximate surface area is 185 Å². The van der Waals surface area contributed by atoms with Crippen LogP contribution in [0.25, 0.3) is 0 Å². The lowest BCUT2D eigenvalue weighted by atomic mass is 10.3. The number of hydrogen-bond acceptors (Lipinski definition) is 7. The summed E-state index contributed by atoms with van der Waals surface area (Å²) in [6.07, 6.45) is 0.999. The molecule has 0 atom stereocenters. The summed E-state index contributed by atoms with van der Waals surface area (Å²) < 4.78 is 31.1. The summed E-state index contributed by atoms with van der Waals surface area (Å²) in [5, 5.41) is 2.84. The molecule has 1 heterocycles. The number of aromatic amines is 1. The normalized spacial score (nSPS) is 11.1. The second-order valence-corrected chi connectivity index (χ2v) is 9.71. The fraction of sp³-hybridized carbons (Fsp3) is 0.105. The molecule has 0 radical (unpaired) electrons. The van der Waals surface area contributed by atoms with E-state index in [0.29, 0.717) is 15.9 Å². The van der Waals surface area contributed by atoms with E-state index in [0.717, 1.165) is 18.0 Å². The van der Waals surface area contributed by atoms with E-state index in [4.69, 9.17) is 4.74 Å². The Morgan fingerprint density at radius 1 is 1.23 bits per heavy atom. The molecule has 0 saturated carbocycles. The van der Waals surface area contributed by atoms with Gasteiger partial charge in [-0.05, 0) is 36.4 Å². The molecule has 8 nitrogen and oxygen atoms in total. The molecule has 0 saturated heterocycles. The van der Waals surface area contributed by atoms with Gasteiger partial charge < -0.3 is 15.0 Å².